The zero-order valence-electron chi connectivity index (χ0n) is 13.5. The number of methoxy groups -OCH3 is 1. The number of sulfonamides is 1. The van der Waals surface area contributed by atoms with Crippen LogP contribution < -0.4 is 14.8 Å². The molecule has 1 N–H and O–H groups in total. The van der Waals surface area contributed by atoms with Gasteiger partial charge in [-0.05, 0) is 18.1 Å². The fraction of sp³-hybridized carbons (Fsp3) is 0.533. The summed E-state index contributed by atoms with van der Waals surface area (Å²) in [7, 11) is -0.154. The van der Waals surface area contributed by atoms with Gasteiger partial charge in [0.2, 0.25) is 15.9 Å². The number of ether oxygens (including phenoxy) is 2. The Morgan fingerprint density at radius 3 is 2.87 bits per heavy atom. The predicted molar refractivity (Wildman–Crippen MR) is 86.2 cm³/mol. The minimum atomic E-state index is -3.23. The summed E-state index contributed by atoms with van der Waals surface area (Å²) < 4.78 is 34.5. The van der Waals surface area contributed by atoms with Gasteiger partial charge >= 0.3 is 0 Å². The summed E-state index contributed by atoms with van der Waals surface area (Å²) in [5.74, 6) is 1.05. The summed E-state index contributed by atoms with van der Waals surface area (Å²) in [6.45, 7) is 0.814. The molecule has 1 unspecified atom stereocenters. The van der Waals surface area contributed by atoms with Crippen LogP contribution in [0.5, 0.6) is 11.5 Å². The van der Waals surface area contributed by atoms with Crippen molar-refractivity contribution < 1.29 is 22.7 Å². The molecule has 0 radical (unpaired) electrons. The first kappa shape index (κ1) is 17.6. The molecular weight excluding hydrogens is 320 g/mol. The number of carbonyl (C=O) groups excluding carboxylic acids is 1. The SMILES string of the molecule is COc1ccc2c(c1)OCC(C(=O)NCCN(C)S(C)(=O)=O)C2. The summed E-state index contributed by atoms with van der Waals surface area (Å²) in [4.78, 5) is 12.2. The molecule has 1 amide bonds. The minimum absolute atomic E-state index is 0.131. The van der Waals surface area contributed by atoms with Crippen LogP contribution in [0.4, 0.5) is 0 Å². The number of hydrogen-bond acceptors (Lipinski definition) is 5. The van der Waals surface area contributed by atoms with Gasteiger partial charge in [0.1, 0.15) is 18.1 Å². The molecule has 1 aromatic rings. The molecule has 0 fully saturated rings. The largest absolute Gasteiger partial charge is 0.497 e. The highest BCUT2D eigenvalue weighted by molar-refractivity contribution is 7.88. The Morgan fingerprint density at radius 1 is 1.48 bits per heavy atom. The number of amides is 1. The minimum Gasteiger partial charge on any atom is -0.497 e. The average Bonchev–Trinajstić information content (AvgIpc) is 2.52. The Bertz CT molecular complexity index is 674. The summed E-state index contributed by atoms with van der Waals surface area (Å²) in [6.07, 6.45) is 1.72. The Morgan fingerprint density at radius 2 is 2.22 bits per heavy atom. The van der Waals surface area contributed by atoms with Crippen molar-refractivity contribution in [3.63, 3.8) is 0 Å². The second kappa shape index (κ2) is 7.18. The van der Waals surface area contributed by atoms with E-state index in [1.165, 1.54) is 11.4 Å². The van der Waals surface area contributed by atoms with Gasteiger partial charge in [-0.25, -0.2) is 12.7 Å². The molecule has 0 saturated heterocycles. The normalized spacial score (nSPS) is 17.3. The fourth-order valence-corrected chi connectivity index (χ4v) is 2.72. The van der Waals surface area contributed by atoms with Gasteiger partial charge in [0.05, 0.1) is 19.3 Å². The van der Waals surface area contributed by atoms with E-state index in [0.29, 0.717) is 13.0 Å². The second-order valence-electron chi connectivity index (χ2n) is 5.56. The number of hydrogen-bond donors (Lipinski definition) is 1. The highest BCUT2D eigenvalue weighted by atomic mass is 32.2. The number of likely N-dealkylation sites (N-methyl/N-ethyl adjacent to an activating group) is 1. The quantitative estimate of drug-likeness (QED) is 0.801. The van der Waals surface area contributed by atoms with Crippen LogP contribution in [0.25, 0.3) is 0 Å². The first-order chi connectivity index (χ1) is 10.8. The molecular formula is C15H22N2O5S. The molecule has 0 aliphatic carbocycles. The lowest BCUT2D eigenvalue weighted by molar-refractivity contribution is -0.126. The number of benzene rings is 1. The standard InChI is InChI=1S/C15H22N2O5S/c1-17(23(3,19)20)7-6-16-15(18)12-8-11-4-5-13(21-2)9-14(11)22-10-12/h4-5,9,12H,6-8,10H2,1-3H3,(H,16,18). The van der Waals surface area contributed by atoms with Crippen LogP contribution in [-0.2, 0) is 21.2 Å². The molecule has 0 spiro atoms. The molecule has 1 aromatic carbocycles. The van der Waals surface area contributed by atoms with E-state index in [0.717, 1.165) is 23.3 Å². The summed E-state index contributed by atoms with van der Waals surface area (Å²) in [5, 5.41) is 2.76. The van der Waals surface area contributed by atoms with Crippen LogP contribution in [0.3, 0.4) is 0 Å². The Hall–Kier alpha value is -1.80. The lowest BCUT2D eigenvalue weighted by Crippen LogP contribution is -2.41. The average molecular weight is 342 g/mol. The van der Waals surface area contributed by atoms with Crippen molar-refractivity contribution in [2.45, 2.75) is 6.42 Å². The summed E-state index contributed by atoms with van der Waals surface area (Å²) in [5.41, 5.74) is 0.963. The van der Waals surface area contributed by atoms with Crippen molar-refractivity contribution in [1.82, 2.24) is 9.62 Å². The molecule has 8 heteroatoms. The highest BCUT2D eigenvalue weighted by Crippen LogP contribution is 2.30. The smallest absolute Gasteiger partial charge is 0.226 e. The Labute approximate surface area is 136 Å². The molecule has 1 heterocycles. The van der Waals surface area contributed by atoms with Gasteiger partial charge in [0.15, 0.2) is 0 Å². The number of nitrogens with one attached hydrogen (secondary N) is 1. The van der Waals surface area contributed by atoms with Crippen LogP contribution in [0.15, 0.2) is 18.2 Å². The number of carbonyl (C=O) groups is 1. The van der Waals surface area contributed by atoms with Crippen LogP contribution in [0, 0.1) is 5.92 Å². The predicted octanol–water partition coefficient (Wildman–Crippen LogP) is 0.254. The van der Waals surface area contributed by atoms with Gasteiger partial charge in [-0.2, -0.15) is 0 Å². The molecule has 1 atom stereocenters. The van der Waals surface area contributed by atoms with E-state index < -0.39 is 10.0 Å². The van der Waals surface area contributed by atoms with Crippen LogP contribution in [0.1, 0.15) is 5.56 Å². The molecule has 23 heavy (non-hydrogen) atoms. The molecule has 1 aliphatic rings. The first-order valence-electron chi connectivity index (χ1n) is 7.30. The van der Waals surface area contributed by atoms with E-state index >= 15 is 0 Å². The third kappa shape index (κ3) is 4.59. The maximum absolute atomic E-state index is 12.2. The van der Waals surface area contributed by atoms with Crippen molar-refractivity contribution in [3.8, 4) is 11.5 Å². The molecule has 128 valence electrons. The highest BCUT2D eigenvalue weighted by Gasteiger charge is 2.26. The number of nitrogens with zero attached hydrogens (tertiary/aromatic N) is 1. The zero-order chi connectivity index (χ0) is 17.0. The third-order valence-corrected chi connectivity index (χ3v) is 5.16. The van der Waals surface area contributed by atoms with Gasteiger partial charge in [-0.1, -0.05) is 6.07 Å². The van der Waals surface area contributed by atoms with Crippen LogP contribution in [-0.4, -0.2) is 58.7 Å². The zero-order valence-corrected chi connectivity index (χ0v) is 14.4. The number of fused-ring (bicyclic) bond motifs is 1. The van der Waals surface area contributed by atoms with Gasteiger partial charge < -0.3 is 14.8 Å². The van der Waals surface area contributed by atoms with Gasteiger partial charge in [-0.3, -0.25) is 4.79 Å². The summed E-state index contributed by atoms with van der Waals surface area (Å²) >= 11 is 0. The van der Waals surface area contributed by atoms with E-state index in [1.807, 2.05) is 18.2 Å². The van der Waals surface area contributed by atoms with Crippen molar-refractivity contribution in [1.29, 1.82) is 0 Å². The van der Waals surface area contributed by atoms with Crippen LogP contribution in [0.2, 0.25) is 0 Å². The summed E-state index contributed by atoms with van der Waals surface area (Å²) in [6, 6.07) is 5.54. The van der Waals surface area contributed by atoms with Gasteiger partial charge in [0.25, 0.3) is 0 Å². The van der Waals surface area contributed by atoms with Crippen LogP contribution >= 0.6 is 0 Å². The molecule has 2 rings (SSSR count). The second-order valence-corrected chi connectivity index (χ2v) is 7.65. The lowest BCUT2D eigenvalue weighted by Gasteiger charge is -2.25. The first-order valence-corrected chi connectivity index (χ1v) is 9.15. The Balaban J connectivity index is 1.87. The maximum atomic E-state index is 12.2. The van der Waals surface area contributed by atoms with E-state index in [9.17, 15) is 13.2 Å². The van der Waals surface area contributed by atoms with E-state index in [1.54, 1.807) is 7.11 Å². The van der Waals surface area contributed by atoms with Gasteiger partial charge in [-0.15, -0.1) is 0 Å². The topological polar surface area (TPSA) is 84.9 Å². The fourth-order valence-electron chi connectivity index (χ4n) is 2.29. The monoisotopic (exact) mass is 342 g/mol. The van der Waals surface area contributed by atoms with E-state index in [2.05, 4.69) is 5.32 Å². The molecule has 0 saturated carbocycles. The number of rotatable bonds is 6. The van der Waals surface area contributed by atoms with Crippen molar-refractivity contribution in [2.75, 3.05) is 40.1 Å². The lowest BCUT2D eigenvalue weighted by atomic mass is 9.96. The van der Waals surface area contributed by atoms with E-state index in [-0.39, 0.29) is 24.9 Å². The molecule has 7 nitrogen and oxygen atoms in total. The molecule has 1 aliphatic heterocycles. The van der Waals surface area contributed by atoms with Crippen molar-refractivity contribution >= 4 is 15.9 Å². The maximum Gasteiger partial charge on any atom is 0.226 e. The van der Waals surface area contributed by atoms with Crippen molar-refractivity contribution in [3.05, 3.63) is 23.8 Å². The van der Waals surface area contributed by atoms with E-state index in [4.69, 9.17) is 9.47 Å². The Kier molecular flexibility index (Phi) is 5.48. The molecule has 0 aromatic heterocycles. The van der Waals surface area contributed by atoms with Crippen molar-refractivity contribution in [2.24, 2.45) is 5.92 Å². The van der Waals surface area contributed by atoms with Gasteiger partial charge in [0, 0.05) is 26.2 Å². The molecule has 0 bridgehead atoms. The third-order valence-electron chi connectivity index (χ3n) is 3.84.